The highest BCUT2D eigenvalue weighted by molar-refractivity contribution is 5.31. The van der Waals surface area contributed by atoms with Crippen LogP contribution in [-0.2, 0) is 6.54 Å². The van der Waals surface area contributed by atoms with Crippen LogP contribution in [-0.4, -0.2) is 47.5 Å². The Balaban J connectivity index is 1.43. The normalized spacial score (nSPS) is 15.9. The van der Waals surface area contributed by atoms with E-state index in [2.05, 4.69) is 26.6 Å². The maximum absolute atomic E-state index is 12.9. The summed E-state index contributed by atoms with van der Waals surface area (Å²) in [6.07, 6.45) is 3.54. The Kier molecular flexibility index (Phi) is 5.36. The molecule has 1 fully saturated rings. The second-order valence-corrected chi connectivity index (χ2v) is 5.72. The molecule has 3 nitrogen and oxygen atoms in total. The van der Waals surface area contributed by atoms with Crippen LogP contribution in [0.15, 0.2) is 48.8 Å². The van der Waals surface area contributed by atoms with Crippen molar-refractivity contribution in [2.45, 2.75) is 6.54 Å². The van der Waals surface area contributed by atoms with Crippen molar-refractivity contribution in [3.05, 3.63) is 65.7 Å². The third-order valence-corrected chi connectivity index (χ3v) is 3.98. The predicted molar refractivity (Wildman–Crippen MR) is 89.2 cm³/mol. The van der Waals surface area contributed by atoms with E-state index in [0.717, 1.165) is 50.4 Å². The molecule has 23 heavy (non-hydrogen) atoms. The van der Waals surface area contributed by atoms with E-state index in [1.54, 1.807) is 12.4 Å². The maximum Gasteiger partial charge on any atom is 0.123 e. The van der Waals surface area contributed by atoms with Crippen molar-refractivity contribution in [1.29, 1.82) is 0 Å². The number of piperazine rings is 1. The number of benzene rings is 1. The lowest BCUT2D eigenvalue weighted by Gasteiger charge is -2.33. The van der Waals surface area contributed by atoms with E-state index < -0.39 is 0 Å². The van der Waals surface area contributed by atoms with Crippen LogP contribution in [0.4, 0.5) is 4.39 Å². The van der Waals surface area contributed by atoms with Gasteiger partial charge < -0.3 is 0 Å². The van der Waals surface area contributed by atoms with Crippen LogP contribution < -0.4 is 0 Å². The van der Waals surface area contributed by atoms with E-state index in [1.807, 2.05) is 24.3 Å². The molecule has 1 aliphatic rings. The zero-order valence-electron chi connectivity index (χ0n) is 13.1. The van der Waals surface area contributed by atoms with Crippen molar-refractivity contribution in [1.82, 2.24) is 14.8 Å². The Morgan fingerprint density at radius 2 is 1.74 bits per heavy atom. The van der Waals surface area contributed by atoms with Gasteiger partial charge in [-0.2, -0.15) is 0 Å². The molecule has 1 aliphatic heterocycles. The van der Waals surface area contributed by atoms with Crippen molar-refractivity contribution < 1.29 is 4.39 Å². The van der Waals surface area contributed by atoms with Crippen LogP contribution in [0.1, 0.15) is 11.1 Å². The summed E-state index contributed by atoms with van der Waals surface area (Å²) in [5, 5.41) is 0. The monoisotopic (exact) mass is 309 g/mol. The standard InChI is InChI=1S/C19H20FN3/c20-19-7-5-18(6-8-19)16-23-13-11-22(12-14-23)10-2-4-17-3-1-9-21-15-17/h1,3,5-9,15H,10-14,16H2. The van der Waals surface area contributed by atoms with Crippen molar-refractivity contribution in [3.8, 4) is 11.8 Å². The molecule has 1 aromatic heterocycles. The van der Waals surface area contributed by atoms with Gasteiger partial charge in [0.05, 0.1) is 6.54 Å². The number of aromatic nitrogens is 1. The van der Waals surface area contributed by atoms with Gasteiger partial charge in [0.15, 0.2) is 0 Å². The summed E-state index contributed by atoms with van der Waals surface area (Å²) in [6, 6.07) is 10.7. The number of halogens is 1. The molecule has 0 N–H and O–H groups in total. The lowest BCUT2D eigenvalue weighted by atomic mass is 10.2. The largest absolute Gasteiger partial charge is 0.297 e. The number of rotatable bonds is 3. The van der Waals surface area contributed by atoms with Crippen LogP contribution in [0.2, 0.25) is 0 Å². The third kappa shape index (κ3) is 4.88. The second-order valence-electron chi connectivity index (χ2n) is 5.72. The lowest BCUT2D eigenvalue weighted by Crippen LogP contribution is -2.45. The molecule has 0 aliphatic carbocycles. The minimum atomic E-state index is -0.175. The third-order valence-electron chi connectivity index (χ3n) is 3.98. The average molecular weight is 309 g/mol. The molecule has 1 aromatic carbocycles. The SMILES string of the molecule is Fc1ccc(CN2CCN(CC#Cc3cccnc3)CC2)cc1. The molecular formula is C19H20FN3. The fourth-order valence-corrected chi connectivity index (χ4v) is 2.64. The topological polar surface area (TPSA) is 19.4 Å². The summed E-state index contributed by atoms with van der Waals surface area (Å²) < 4.78 is 12.9. The van der Waals surface area contributed by atoms with Crippen LogP contribution in [0.25, 0.3) is 0 Å². The zero-order chi connectivity index (χ0) is 15.9. The summed E-state index contributed by atoms with van der Waals surface area (Å²) in [5.41, 5.74) is 2.12. The van der Waals surface area contributed by atoms with Gasteiger partial charge in [-0.25, -0.2) is 4.39 Å². The Hall–Kier alpha value is -2.22. The minimum absolute atomic E-state index is 0.175. The molecule has 0 unspecified atom stereocenters. The first-order valence-electron chi connectivity index (χ1n) is 7.88. The smallest absolute Gasteiger partial charge is 0.123 e. The quantitative estimate of drug-likeness (QED) is 0.812. The molecule has 1 saturated heterocycles. The average Bonchev–Trinajstić information content (AvgIpc) is 2.59. The Bertz CT molecular complexity index is 665. The van der Waals surface area contributed by atoms with Crippen molar-refractivity contribution in [2.24, 2.45) is 0 Å². The van der Waals surface area contributed by atoms with Gasteiger partial charge in [0.1, 0.15) is 5.82 Å². The van der Waals surface area contributed by atoms with Gasteiger partial charge in [-0.3, -0.25) is 14.8 Å². The molecule has 0 bridgehead atoms. The first kappa shape index (κ1) is 15.7. The van der Waals surface area contributed by atoms with Crippen LogP contribution in [0.3, 0.4) is 0 Å². The van der Waals surface area contributed by atoms with E-state index in [4.69, 9.17) is 0 Å². The molecule has 2 heterocycles. The van der Waals surface area contributed by atoms with Gasteiger partial charge in [0.2, 0.25) is 0 Å². The molecule has 118 valence electrons. The molecule has 0 atom stereocenters. The zero-order valence-corrected chi connectivity index (χ0v) is 13.1. The molecule has 0 amide bonds. The highest BCUT2D eigenvalue weighted by Crippen LogP contribution is 2.09. The summed E-state index contributed by atoms with van der Waals surface area (Å²) in [5.74, 6) is 6.19. The van der Waals surface area contributed by atoms with Gasteiger partial charge in [0, 0.05) is 50.7 Å². The van der Waals surface area contributed by atoms with Crippen molar-refractivity contribution in [3.63, 3.8) is 0 Å². The van der Waals surface area contributed by atoms with Gasteiger partial charge in [-0.15, -0.1) is 0 Å². The van der Waals surface area contributed by atoms with Crippen LogP contribution >= 0.6 is 0 Å². The fourth-order valence-electron chi connectivity index (χ4n) is 2.64. The number of pyridine rings is 1. The van der Waals surface area contributed by atoms with E-state index in [-0.39, 0.29) is 5.82 Å². The number of hydrogen-bond acceptors (Lipinski definition) is 3. The minimum Gasteiger partial charge on any atom is -0.297 e. The molecule has 0 saturated carbocycles. The summed E-state index contributed by atoms with van der Waals surface area (Å²) in [6.45, 7) is 5.75. The summed E-state index contributed by atoms with van der Waals surface area (Å²) in [4.78, 5) is 8.83. The van der Waals surface area contributed by atoms with E-state index in [9.17, 15) is 4.39 Å². The highest BCUT2D eigenvalue weighted by Gasteiger charge is 2.15. The maximum atomic E-state index is 12.9. The number of nitrogens with zero attached hydrogens (tertiary/aromatic N) is 3. The van der Waals surface area contributed by atoms with Gasteiger partial charge in [-0.1, -0.05) is 24.0 Å². The second kappa shape index (κ2) is 7.87. The molecule has 0 radical (unpaired) electrons. The molecular weight excluding hydrogens is 289 g/mol. The number of hydrogen-bond donors (Lipinski definition) is 0. The Labute approximate surface area is 136 Å². The molecule has 4 heteroatoms. The van der Waals surface area contributed by atoms with Crippen molar-refractivity contribution >= 4 is 0 Å². The lowest BCUT2D eigenvalue weighted by molar-refractivity contribution is 0.138. The van der Waals surface area contributed by atoms with E-state index >= 15 is 0 Å². The van der Waals surface area contributed by atoms with Crippen molar-refractivity contribution in [2.75, 3.05) is 32.7 Å². The Morgan fingerprint density at radius 3 is 2.43 bits per heavy atom. The summed E-state index contributed by atoms with van der Waals surface area (Å²) in [7, 11) is 0. The first-order chi connectivity index (χ1) is 11.3. The van der Waals surface area contributed by atoms with Gasteiger partial charge >= 0.3 is 0 Å². The summed E-state index contributed by atoms with van der Waals surface area (Å²) >= 11 is 0. The Morgan fingerprint density at radius 1 is 1.00 bits per heavy atom. The van der Waals surface area contributed by atoms with Gasteiger partial charge in [-0.05, 0) is 29.8 Å². The van der Waals surface area contributed by atoms with Crippen LogP contribution in [0.5, 0.6) is 0 Å². The van der Waals surface area contributed by atoms with E-state index in [0.29, 0.717) is 0 Å². The fraction of sp³-hybridized carbons (Fsp3) is 0.316. The van der Waals surface area contributed by atoms with Crippen LogP contribution in [0, 0.1) is 17.7 Å². The van der Waals surface area contributed by atoms with Gasteiger partial charge in [0.25, 0.3) is 0 Å². The predicted octanol–water partition coefficient (Wildman–Crippen LogP) is 2.39. The molecule has 3 rings (SSSR count). The molecule has 0 spiro atoms. The van der Waals surface area contributed by atoms with E-state index in [1.165, 1.54) is 12.1 Å². The highest BCUT2D eigenvalue weighted by atomic mass is 19.1. The molecule has 2 aromatic rings. The first-order valence-corrected chi connectivity index (χ1v) is 7.88.